The number of benzene rings is 3. The molecule has 37 heavy (non-hydrogen) atoms. The van der Waals surface area contributed by atoms with Gasteiger partial charge in [-0.1, -0.05) is 54.1 Å². The van der Waals surface area contributed by atoms with Crippen molar-refractivity contribution in [3.8, 4) is 6.07 Å². The number of nitrogens with zero attached hydrogens (tertiary/aromatic N) is 2. The molecule has 12 heteroatoms. The fourth-order valence-corrected chi connectivity index (χ4v) is 8.27. The van der Waals surface area contributed by atoms with Crippen molar-refractivity contribution >= 4 is 48.3 Å². The predicted molar refractivity (Wildman–Crippen MR) is 136 cm³/mol. The molecule has 3 aromatic rings. The smallest absolute Gasteiger partial charge is 0.410 e. The van der Waals surface area contributed by atoms with Gasteiger partial charge in [0, 0.05) is 13.0 Å². The fraction of sp³-hybridized carbons (Fsp3) is 0.280. The Balaban J connectivity index is 1.50. The Labute approximate surface area is 219 Å². The van der Waals surface area contributed by atoms with Crippen LogP contribution in [0.2, 0.25) is 5.02 Å². The van der Waals surface area contributed by atoms with E-state index in [9.17, 15) is 26.9 Å². The Bertz CT molecular complexity index is 1650. The molecule has 1 heterocycles. The maximum absolute atomic E-state index is 13.7. The normalized spacial score (nSPS) is 21.3. The first-order valence-corrected chi connectivity index (χ1v) is 14.8. The Hall–Kier alpha value is -3.17. The Morgan fingerprint density at radius 3 is 2.38 bits per heavy atom. The number of amides is 1. The first kappa shape index (κ1) is 25.5. The van der Waals surface area contributed by atoms with Crippen LogP contribution in [0.4, 0.5) is 4.79 Å². The lowest BCUT2D eigenvalue weighted by molar-refractivity contribution is 0.0507. The number of carbonyl (C=O) groups excluding carboxylic acids is 1. The van der Waals surface area contributed by atoms with E-state index in [0.29, 0.717) is 18.2 Å². The monoisotopic (exact) mass is 559 g/mol. The first-order chi connectivity index (χ1) is 17.6. The summed E-state index contributed by atoms with van der Waals surface area (Å²) in [6, 6.07) is 19.7. The minimum absolute atomic E-state index is 0.0123. The molecule has 2 atom stereocenters. The van der Waals surface area contributed by atoms with E-state index in [-0.39, 0.29) is 21.2 Å². The quantitative estimate of drug-likeness (QED) is 0.485. The van der Waals surface area contributed by atoms with Gasteiger partial charge in [-0.2, -0.15) is 9.57 Å². The molecular weight excluding hydrogens is 538 g/mol. The van der Waals surface area contributed by atoms with Crippen LogP contribution in [0.25, 0.3) is 10.8 Å². The van der Waals surface area contributed by atoms with Crippen LogP contribution in [0.5, 0.6) is 0 Å². The second-order valence-corrected chi connectivity index (χ2v) is 13.6. The predicted octanol–water partition coefficient (Wildman–Crippen LogP) is 3.84. The van der Waals surface area contributed by atoms with E-state index in [1.807, 2.05) is 18.2 Å². The largest absolute Gasteiger partial charge is 0.429 e. The summed E-state index contributed by atoms with van der Waals surface area (Å²) in [4.78, 5) is 12.4. The van der Waals surface area contributed by atoms with E-state index in [4.69, 9.17) is 16.3 Å². The van der Waals surface area contributed by atoms with Gasteiger partial charge in [0.25, 0.3) is 0 Å². The molecule has 1 N–H and O–H groups in total. The molecule has 1 aliphatic heterocycles. The second-order valence-electron chi connectivity index (χ2n) is 9.10. The highest BCUT2D eigenvalue weighted by molar-refractivity contribution is 7.92. The van der Waals surface area contributed by atoms with Gasteiger partial charge >= 0.3 is 6.09 Å². The summed E-state index contributed by atoms with van der Waals surface area (Å²) >= 11 is 6.14. The number of sulfonamides is 1. The number of ether oxygens (including phenoxy) is 1. The highest BCUT2D eigenvalue weighted by Gasteiger charge is 2.50. The zero-order valence-electron chi connectivity index (χ0n) is 19.4. The molecule has 0 spiro atoms. The van der Waals surface area contributed by atoms with Crippen molar-refractivity contribution in [2.75, 3.05) is 6.54 Å². The van der Waals surface area contributed by atoms with Crippen molar-refractivity contribution < 1.29 is 26.4 Å². The summed E-state index contributed by atoms with van der Waals surface area (Å²) in [5.74, 6) is 0. The number of hydrogen-bond acceptors (Lipinski definition) is 7. The molecule has 2 aliphatic rings. The van der Waals surface area contributed by atoms with Gasteiger partial charge in [-0.3, -0.25) is 0 Å². The molecule has 1 aliphatic carbocycles. The maximum atomic E-state index is 13.7. The van der Waals surface area contributed by atoms with Crippen molar-refractivity contribution in [3.05, 3.63) is 71.8 Å². The number of alkyl carbamates (subject to hydrolysis) is 1. The van der Waals surface area contributed by atoms with Crippen molar-refractivity contribution in [2.24, 2.45) is 0 Å². The standard InChI is InChI=1S/C25H22ClN3O6S2/c26-21-7-3-4-8-22(21)36(31,32)20-14-23(35-24(30)28-25(16-27)11-12-25)29(15-20)37(33,34)19-10-9-17-5-1-2-6-18(17)13-19/h1-10,13,20,23H,11-12,14-15H2,(H,28,30)/t20-,23+/m1/s1. The molecule has 2 fully saturated rings. The topological polar surface area (TPSA) is 134 Å². The lowest BCUT2D eigenvalue weighted by Crippen LogP contribution is -2.43. The lowest BCUT2D eigenvalue weighted by Gasteiger charge is -2.24. The van der Waals surface area contributed by atoms with Gasteiger partial charge in [-0.25, -0.2) is 21.6 Å². The minimum atomic E-state index is -4.28. The fourth-order valence-electron chi connectivity index (χ4n) is 4.38. The summed E-state index contributed by atoms with van der Waals surface area (Å²) in [7, 11) is -8.36. The van der Waals surface area contributed by atoms with Gasteiger partial charge in [0.05, 0.1) is 26.1 Å². The summed E-state index contributed by atoms with van der Waals surface area (Å²) in [5.41, 5.74) is -1.04. The van der Waals surface area contributed by atoms with E-state index in [2.05, 4.69) is 5.32 Å². The summed E-state index contributed by atoms with van der Waals surface area (Å²) in [5, 5.41) is 12.0. The van der Waals surface area contributed by atoms with Crippen LogP contribution in [0.15, 0.2) is 76.5 Å². The van der Waals surface area contributed by atoms with E-state index in [1.54, 1.807) is 24.3 Å². The number of nitrogens with one attached hydrogen (secondary N) is 1. The maximum Gasteiger partial charge on any atom is 0.410 e. The second kappa shape index (κ2) is 9.29. The molecule has 0 bridgehead atoms. The number of rotatable bonds is 6. The lowest BCUT2D eigenvalue weighted by atomic mass is 10.1. The summed E-state index contributed by atoms with van der Waals surface area (Å²) < 4.78 is 60.7. The van der Waals surface area contributed by atoms with Gasteiger partial charge < -0.3 is 10.1 Å². The zero-order valence-corrected chi connectivity index (χ0v) is 21.8. The van der Waals surface area contributed by atoms with Crippen molar-refractivity contribution in [1.82, 2.24) is 9.62 Å². The molecule has 1 amide bonds. The SMILES string of the molecule is N#CC1(NC(=O)O[C@H]2C[C@@H](S(=O)(=O)c3ccccc3Cl)CN2S(=O)(=O)c2ccc3ccccc3c2)CC1. The summed E-state index contributed by atoms with van der Waals surface area (Å²) in [6.45, 7) is -0.440. The molecule has 9 nitrogen and oxygen atoms in total. The average molecular weight is 560 g/mol. The summed E-state index contributed by atoms with van der Waals surface area (Å²) in [6.07, 6.45) is -1.79. The van der Waals surface area contributed by atoms with E-state index in [0.717, 1.165) is 9.69 Å². The van der Waals surface area contributed by atoms with Crippen LogP contribution in [-0.4, -0.2) is 50.8 Å². The molecule has 1 saturated heterocycles. The molecule has 5 rings (SSSR count). The van der Waals surface area contributed by atoms with Crippen molar-refractivity contribution in [2.45, 2.75) is 46.1 Å². The van der Waals surface area contributed by atoms with Crippen LogP contribution in [-0.2, 0) is 24.6 Å². The van der Waals surface area contributed by atoms with Crippen LogP contribution in [0, 0.1) is 11.3 Å². The molecule has 0 radical (unpaired) electrons. The zero-order chi connectivity index (χ0) is 26.4. The van der Waals surface area contributed by atoms with E-state index < -0.39 is 49.5 Å². The number of sulfone groups is 1. The van der Waals surface area contributed by atoms with Crippen LogP contribution < -0.4 is 5.32 Å². The van der Waals surface area contributed by atoms with E-state index in [1.165, 1.54) is 30.3 Å². The highest BCUT2D eigenvalue weighted by Crippen LogP contribution is 2.37. The van der Waals surface area contributed by atoms with Gasteiger partial charge in [0.1, 0.15) is 5.54 Å². The third kappa shape index (κ3) is 4.78. The van der Waals surface area contributed by atoms with Crippen molar-refractivity contribution in [1.29, 1.82) is 5.26 Å². The molecule has 0 aromatic heterocycles. The minimum Gasteiger partial charge on any atom is -0.429 e. The average Bonchev–Trinajstić information content (AvgIpc) is 3.51. The number of nitriles is 1. The van der Waals surface area contributed by atoms with E-state index >= 15 is 0 Å². The van der Waals surface area contributed by atoms with Crippen molar-refractivity contribution in [3.63, 3.8) is 0 Å². The third-order valence-corrected chi connectivity index (χ3v) is 11.1. The van der Waals surface area contributed by atoms with Gasteiger partial charge in [0.15, 0.2) is 16.1 Å². The molecule has 1 saturated carbocycles. The first-order valence-electron chi connectivity index (χ1n) is 11.4. The number of halogens is 1. The molecule has 0 unspecified atom stereocenters. The third-order valence-electron chi connectivity index (χ3n) is 6.63. The highest BCUT2D eigenvalue weighted by atomic mass is 35.5. The Morgan fingerprint density at radius 1 is 1.03 bits per heavy atom. The number of hydrogen-bond donors (Lipinski definition) is 1. The Kier molecular flexibility index (Phi) is 6.40. The Morgan fingerprint density at radius 2 is 1.70 bits per heavy atom. The number of carbonyl (C=O) groups is 1. The molecule has 3 aromatic carbocycles. The van der Waals surface area contributed by atoms with Crippen LogP contribution >= 0.6 is 11.6 Å². The van der Waals surface area contributed by atoms with Gasteiger partial charge in [0.2, 0.25) is 10.0 Å². The van der Waals surface area contributed by atoms with Crippen LogP contribution in [0.1, 0.15) is 19.3 Å². The molecular formula is C25H22ClN3O6S2. The van der Waals surface area contributed by atoms with Crippen LogP contribution in [0.3, 0.4) is 0 Å². The molecule has 192 valence electrons. The number of fused-ring (bicyclic) bond motifs is 1. The van der Waals surface area contributed by atoms with Gasteiger partial charge in [-0.05, 0) is 47.9 Å². The van der Waals surface area contributed by atoms with Gasteiger partial charge in [-0.15, -0.1) is 0 Å².